The molecule has 2 N–H and O–H groups in total. The second kappa shape index (κ2) is 8.39. The number of aryl methyl sites for hydroxylation is 1. The van der Waals surface area contributed by atoms with E-state index in [4.69, 9.17) is 4.98 Å². The average Bonchev–Trinajstić information content (AvgIpc) is 2.74. The molecule has 4 rings (SSSR count). The summed E-state index contributed by atoms with van der Waals surface area (Å²) in [7, 11) is -3.42. The molecule has 9 heteroatoms. The molecule has 1 saturated heterocycles. The lowest BCUT2D eigenvalue weighted by Gasteiger charge is -2.32. The smallest absolute Gasteiger partial charge is 0.175 e. The van der Waals surface area contributed by atoms with E-state index in [2.05, 4.69) is 27.3 Å². The predicted octanol–water partition coefficient (Wildman–Crippen LogP) is 3.01. The largest absolute Gasteiger partial charge is 0.507 e. The summed E-state index contributed by atoms with van der Waals surface area (Å²) in [6.07, 6.45) is 3.29. The Labute approximate surface area is 182 Å². The lowest BCUT2D eigenvalue weighted by atomic mass is 10.0. The van der Waals surface area contributed by atoms with Crippen molar-refractivity contribution in [3.8, 4) is 17.0 Å². The van der Waals surface area contributed by atoms with Crippen molar-refractivity contribution < 1.29 is 13.5 Å². The standard InChI is InChI=1S/C22H27N5O3S/c1-4-27-11-5-6-15(13-27)24-22-21-18(9-7-14(2)23-21)20(25-26-22)17-10-8-16(12-19(17)28)31(3,29)30/h7-10,12,15,28H,4-6,11,13H2,1-3H3,(H,24,26)/t15-/m1/s1. The lowest BCUT2D eigenvalue weighted by molar-refractivity contribution is 0.226. The number of likely N-dealkylation sites (tertiary alicyclic amines) is 1. The lowest BCUT2D eigenvalue weighted by Crippen LogP contribution is -2.42. The summed E-state index contributed by atoms with van der Waals surface area (Å²) in [6.45, 7) is 7.16. The number of sulfone groups is 1. The maximum atomic E-state index is 11.8. The van der Waals surface area contributed by atoms with Gasteiger partial charge in [-0.1, -0.05) is 6.92 Å². The van der Waals surface area contributed by atoms with Crippen LogP contribution in [-0.2, 0) is 9.84 Å². The summed E-state index contributed by atoms with van der Waals surface area (Å²) in [6, 6.07) is 8.33. The fourth-order valence-electron chi connectivity index (χ4n) is 4.02. The van der Waals surface area contributed by atoms with Gasteiger partial charge in [0.2, 0.25) is 0 Å². The first kappa shape index (κ1) is 21.5. The van der Waals surface area contributed by atoms with Crippen LogP contribution in [0.4, 0.5) is 5.82 Å². The Morgan fingerprint density at radius 2 is 2.03 bits per heavy atom. The minimum Gasteiger partial charge on any atom is -0.507 e. The van der Waals surface area contributed by atoms with Gasteiger partial charge in [-0.3, -0.25) is 0 Å². The molecule has 1 fully saturated rings. The number of piperidine rings is 1. The molecule has 0 spiro atoms. The molecule has 0 radical (unpaired) electrons. The predicted molar refractivity (Wildman–Crippen MR) is 121 cm³/mol. The van der Waals surface area contributed by atoms with Crippen LogP contribution in [0.15, 0.2) is 35.2 Å². The number of likely N-dealkylation sites (N-methyl/N-ethyl adjacent to an activating group) is 1. The molecule has 8 nitrogen and oxygen atoms in total. The van der Waals surface area contributed by atoms with Gasteiger partial charge in [0, 0.05) is 35.5 Å². The Bertz CT molecular complexity index is 1230. The Morgan fingerprint density at radius 3 is 2.74 bits per heavy atom. The number of hydrogen-bond donors (Lipinski definition) is 2. The number of benzene rings is 1. The van der Waals surface area contributed by atoms with Gasteiger partial charge in [-0.25, -0.2) is 13.4 Å². The molecule has 2 aromatic heterocycles. The average molecular weight is 442 g/mol. The number of phenolic OH excluding ortho intramolecular Hbond substituents is 1. The molecule has 164 valence electrons. The normalized spacial score (nSPS) is 17.7. The van der Waals surface area contributed by atoms with Crippen molar-refractivity contribution in [3.63, 3.8) is 0 Å². The number of rotatable bonds is 5. The minimum atomic E-state index is -3.42. The van der Waals surface area contributed by atoms with Crippen LogP contribution in [-0.4, -0.2) is 65.5 Å². The van der Waals surface area contributed by atoms with Gasteiger partial charge in [-0.2, -0.15) is 0 Å². The van der Waals surface area contributed by atoms with Gasteiger partial charge in [0.25, 0.3) is 0 Å². The van der Waals surface area contributed by atoms with Gasteiger partial charge in [0.05, 0.1) is 4.90 Å². The van der Waals surface area contributed by atoms with E-state index in [1.54, 1.807) is 6.07 Å². The van der Waals surface area contributed by atoms with Crippen LogP contribution in [0.25, 0.3) is 22.2 Å². The molecule has 3 heterocycles. The van der Waals surface area contributed by atoms with E-state index in [1.807, 2.05) is 19.1 Å². The zero-order chi connectivity index (χ0) is 22.2. The van der Waals surface area contributed by atoms with Crippen LogP contribution in [0.3, 0.4) is 0 Å². The molecule has 3 aromatic rings. The third-order valence-corrected chi connectivity index (χ3v) is 6.82. The van der Waals surface area contributed by atoms with Gasteiger partial charge in [-0.05, 0) is 63.2 Å². The Hall–Kier alpha value is -2.78. The molecule has 0 amide bonds. The van der Waals surface area contributed by atoms with Crippen molar-refractivity contribution in [1.82, 2.24) is 20.1 Å². The SMILES string of the molecule is CCN1CCC[C@@H](Nc2nnc(-c3ccc(S(C)(=O)=O)cc3O)c3ccc(C)nc23)C1. The third-order valence-electron chi connectivity index (χ3n) is 5.71. The van der Waals surface area contributed by atoms with Gasteiger partial charge < -0.3 is 15.3 Å². The van der Waals surface area contributed by atoms with Gasteiger partial charge >= 0.3 is 0 Å². The number of anilines is 1. The van der Waals surface area contributed by atoms with Crippen molar-refractivity contribution in [2.24, 2.45) is 0 Å². The van der Waals surface area contributed by atoms with Crippen LogP contribution in [0.1, 0.15) is 25.5 Å². The topological polar surface area (TPSA) is 108 Å². The minimum absolute atomic E-state index is 0.0519. The highest BCUT2D eigenvalue weighted by molar-refractivity contribution is 7.90. The van der Waals surface area contributed by atoms with Crippen molar-refractivity contribution in [2.45, 2.75) is 37.6 Å². The number of hydrogen-bond acceptors (Lipinski definition) is 8. The Morgan fingerprint density at radius 1 is 1.23 bits per heavy atom. The molecular formula is C22H27N5O3S. The first-order chi connectivity index (χ1) is 14.8. The Kier molecular flexibility index (Phi) is 5.81. The van der Waals surface area contributed by atoms with Gasteiger partial charge in [0.1, 0.15) is 17.0 Å². The van der Waals surface area contributed by atoms with Crippen LogP contribution >= 0.6 is 0 Å². The first-order valence-electron chi connectivity index (χ1n) is 10.4. The zero-order valence-electron chi connectivity index (χ0n) is 18.0. The van der Waals surface area contributed by atoms with E-state index in [9.17, 15) is 13.5 Å². The summed E-state index contributed by atoms with van der Waals surface area (Å²) >= 11 is 0. The molecule has 0 saturated carbocycles. The molecule has 1 aliphatic rings. The molecule has 1 atom stereocenters. The van der Waals surface area contributed by atoms with Crippen molar-refractivity contribution >= 4 is 26.6 Å². The van der Waals surface area contributed by atoms with E-state index < -0.39 is 9.84 Å². The maximum absolute atomic E-state index is 11.8. The zero-order valence-corrected chi connectivity index (χ0v) is 18.8. The van der Waals surface area contributed by atoms with E-state index in [-0.39, 0.29) is 16.7 Å². The summed E-state index contributed by atoms with van der Waals surface area (Å²) in [5, 5.41) is 23.6. The van der Waals surface area contributed by atoms with E-state index >= 15 is 0 Å². The number of fused-ring (bicyclic) bond motifs is 1. The molecule has 0 unspecified atom stereocenters. The fraction of sp³-hybridized carbons (Fsp3) is 0.409. The maximum Gasteiger partial charge on any atom is 0.175 e. The molecule has 0 aliphatic carbocycles. The number of aromatic nitrogens is 3. The van der Waals surface area contributed by atoms with Gasteiger partial charge in [0.15, 0.2) is 15.7 Å². The number of pyridine rings is 1. The summed E-state index contributed by atoms with van der Waals surface area (Å²) < 4.78 is 23.6. The number of phenols is 1. The second-order valence-corrected chi connectivity index (χ2v) is 10.1. The van der Waals surface area contributed by atoms with Crippen LogP contribution in [0.5, 0.6) is 5.75 Å². The quantitative estimate of drug-likeness (QED) is 0.622. The van der Waals surface area contributed by atoms with Crippen molar-refractivity contribution in [2.75, 3.05) is 31.2 Å². The fourth-order valence-corrected chi connectivity index (χ4v) is 4.66. The summed E-state index contributed by atoms with van der Waals surface area (Å²) in [5.41, 5.74) is 2.41. The summed E-state index contributed by atoms with van der Waals surface area (Å²) in [5.74, 6) is 0.461. The molecular weight excluding hydrogens is 414 g/mol. The molecule has 1 aromatic carbocycles. The summed E-state index contributed by atoms with van der Waals surface area (Å²) in [4.78, 5) is 7.16. The monoisotopic (exact) mass is 441 g/mol. The van der Waals surface area contributed by atoms with Gasteiger partial charge in [-0.15, -0.1) is 10.2 Å². The number of nitrogens with zero attached hydrogens (tertiary/aromatic N) is 4. The third kappa shape index (κ3) is 4.47. The molecule has 1 aliphatic heterocycles. The van der Waals surface area contributed by atoms with E-state index in [0.29, 0.717) is 22.6 Å². The molecule has 31 heavy (non-hydrogen) atoms. The van der Waals surface area contributed by atoms with Crippen LogP contribution < -0.4 is 5.32 Å². The van der Waals surface area contributed by atoms with Crippen LogP contribution in [0, 0.1) is 6.92 Å². The van der Waals surface area contributed by atoms with Crippen molar-refractivity contribution in [3.05, 3.63) is 36.0 Å². The highest BCUT2D eigenvalue weighted by atomic mass is 32.2. The van der Waals surface area contributed by atoms with E-state index in [1.165, 1.54) is 12.1 Å². The van der Waals surface area contributed by atoms with E-state index in [0.717, 1.165) is 49.8 Å². The molecule has 0 bridgehead atoms. The highest BCUT2D eigenvalue weighted by Crippen LogP contribution is 2.35. The second-order valence-electron chi connectivity index (χ2n) is 8.07. The first-order valence-corrected chi connectivity index (χ1v) is 12.3. The Balaban J connectivity index is 1.77. The number of aromatic hydroxyl groups is 1. The number of nitrogens with one attached hydrogen (secondary N) is 1. The van der Waals surface area contributed by atoms with Crippen LogP contribution in [0.2, 0.25) is 0 Å². The highest BCUT2D eigenvalue weighted by Gasteiger charge is 2.22. The van der Waals surface area contributed by atoms with Crippen molar-refractivity contribution in [1.29, 1.82) is 0 Å².